The smallest absolute Gasteiger partial charge is 0.264 e. The Balaban J connectivity index is 3.46. The predicted octanol–water partition coefficient (Wildman–Crippen LogP) is 5.00. The lowest BCUT2D eigenvalue weighted by Crippen LogP contribution is -2.11. The summed E-state index contributed by atoms with van der Waals surface area (Å²) in [5.74, 6) is 0.902. The highest BCUT2D eigenvalue weighted by Gasteiger charge is 2.10. The summed E-state index contributed by atoms with van der Waals surface area (Å²) in [6.45, 7) is 6.56. The maximum absolute atomic E-state index is 10.5. The van der Waals surface area contributed by atoms with Crippen LogP contribution in [0.2, 0.25) is 0 Å². The second kappa shape index (κ2) is 12.4. The second-order valence-electron chi connectivity index (χ2n) is 6.41. The normalized spacial score (nSPS) is 15.0. The molecule has 0 aliphatic rings. The average molecular weight is 323 g/mol. The summed E-state index contributed by atoms with van der Waals surface area (Å²) in [4.78, 5) is 0. The molecule has 128 valence electrons. The molecule has 0 radical (unpaired) electrons. The van der Waals surface area contributed by atoms with Crippen LogP contribution in [0.5, 0.6) is 0 Å². The molecule has 0 rings (SSSR count). The molecular weight excluding hydrogens is 288 g/mol. The van der Waals surface area contributed by atoms with E-state index in [1.165, 1.54) is 51.4 Å². The van der Waals surface area contributed by atoms with Crippen LogP contribution in [0.1, 0.15) is 85.0 Å². The zero-order chi connectivity index (χ0) is 16.1. The maximum Gasteiger partial charge on any atom is 0.397 e. The molecule has 1 N–H and O–H groups in total. The van der Waals surface area contributed by atoms with Crippen molar-refractivity contribution in [3.05, 3.63) is 0 Å². The molecule has 0 bridgehead atoms. The zero-order valence-electron chi connectivity index (χ0n) is 14.0. The molecule has 0 aliphatic carbocycles. The Bertz CT molecular complexity index is 327. The van der Waals surface area contributed by atoms with Crippen molar-refractivity contribution < 1.29 is 17.2 Å². The van der Waals surface area contributed by atoms with Gasteiger partial charge in [0.25, 0.3) is 0 Å². The van der Waals surface area contributed by atoms with Gasteiger partial charge in [-0.3, -0.25) is 4.55 Å². The molecule has 0 aromatic rings. The van der Waals surface area contributed by atoms with Crippen molar-refractivity contribution >= 4 is 10.4 Å². The SMILES string of the molecule is CCCCCCCCC(C)CCCC(C)COS(=O)(=O)O. The minimum Gasteiger partial charge on any atom is -0.264 e. The van der Waals surface area contributed by atoms with Crippen LogP contribution in [0.25, 0.3) is 0 Å². The van der Waals surface area contributed by atoms with Crippen molar-refractivity contribution in [2.24, 2.45) is 11.8 Å². The third-order valence-electron chi connectivity index (χ3n) is 3.95. The fourth-order valence-electron chi connectivity index (χ4n) is 2.52. The first kappa shape index (κ1) is 20.9. The van der Waals surface area contributed by atoms with Crippen LogP contribution in [0.15, 0.2) is 0 Å². The number of unbranched alkanes of at least 4 members (excludes halogenated alkanes) is 5. The number of hydrogen-bond donors (Lipinski definition) is 1. The monoisotopic (exact) mass is 322 g/mol. The highest BCUT2D eigenvalue weighted by Crippen LogP contribution is 2.19. The van der Waals surface area contributed by atoms with Crippen LogP contribution in [0.4, 0.5) is 0 Å². The van der Waals surface area contributed by atoms with Crippen molar-refractivity contribution in [1.82, 2.24) is 0 Å². The molecule has 5 heteroatoms. The minimum absolute atomic E-state index is 0.0741. The highest BCUT2D eigenvalue weighted by atomic mass is 32.3. The van der Waals surface area contributed by atoms with Gasteiger partial charge in [0, 0.05) is 0 Å². The van der Waals surface area contributed by atoms with Gasteiger partial charge in [0.1, 0.15) is 0 Å². The molecule has 0 fully saturated rings. The van der Waals surface area contributed by atoms with Crippen LogP contribution in [-0.4, -0.2) is 19.6 Å². The molecule has 2 unspecified atom stereocenters. The Kier molecular flexibility index (Phi) is 12.3. The van der Waals surface area contributed by atoms with Crippen molar-refractivity contribution in [1.29, 1.82) is 0 Å². The molecule has 0 aliphatic heterocycles. The molecule has 4 nitrogen and oxygen atoms in total. The molecule has 0 aromatic carbocycles. The lowest BCUT2D eigenvalue weighted by molar-refractivity contribution is 0.221. The topological polar surface area (TPSA) is 63.6 Å². The summed E-state index contributed by atoms with van der Waals surface area (Å²) in [6.07, 6.45) is 12.6. The molecule has 21 heavy (non-hydrogen) atoms. The standard InChI is InChI=1S/C16H34O4S/c1-4-5-6-7-8-9-11-15(2)12-10-13-16(3)14-20-21(17,18)19/h15-16H,4-14H2,1-3H3,(H,17,18,19). The van der Waals surface area contributed by atoms with Crippen LogP contribution >= 0.6 is 0 Å². The Labute approximate surface area is 131 Å². The van der Waals surface area contributed by atoms with E-state index in [9.17, 15) is 8.42 Å². The van der Waals surface area contributed by atoms with Gasteiger partial charge in [-0.1, -0.05) is 78.6 Å². The first-order valence-electron chi connectivity index (χ1n) is 8.47. The van der Waals surface area contributed by atoms with Gasteiger partial charge in [0.2, 0.25) is 0 Å². The lowest BCUT2D eigenvalue weighted by Gasteiger charge is -2.14. The van der Waals surface area contributed by atoms with Crippen LogP contribution in [0.3, 0.4) is 0 Å². The van der Waals surface area contributed by atoms with Crippen molar-refractivity contribution in [3.8, 4) is 0 Å². The van der Waals surface area contributed by atoms with Gasteiger partial charge in [-0.05, 0) is 18.3 Å². The van der Waals surface area contributed by atoms with Gasteiger partial charge in [-0.25, -0.2) is 4.18 Å². The third-order valence-corrected chi connectivity index (χ3v) is 4.38. The molecule has 0 spiro atoms. The van der Waals surface area contributed by atoms with E-state index in [4.69, 9.17) is 4.55 Å². The third kappa shape index (κ3) is 16.1. The molecule has 0 amide bonds. The predicted molar refractivity (Wildman–Crippen MR) is 87.7 cm³/mol. The Morgan fingerprint density at radius 2 is 1.38 bits per heavy atom. The fourth-order valence-corrected chi connectivity index (χ4v) is 2.92. The highest BCUT2D eigenvalue weighted by molar-refractivity contribution is 7.80. The van der Waals surface area contributed by atoms with Gasteiger partial charge >= 0.3 is 10.4 Å². The van der Waals surface area contributed by atoms with Gasteiger partial charge in [-0.15, -0.1) is 0 Å². The summed E-state index contributed by atoms with van der Waals surface area (Å²) in [7, 11) is -4.28. The second-order valence-corrected chi connectivity index (χ2v) is 7.50. The van der Waals surface area contributed by atoms with E-state index < -0.39 is 10.4 Å². The van der Waals surface area contributed by atoms with E-state index in [2.05, 4.69) is 18.0 Å². The average Bonchev–Trinajstić information content (AvgIpc) is 2.39. The van der Waals surface area contributed by atoms with E-state index in [1.807, 2.05) is 6.92 Å². The first-order chi connectivity index (χ1) is 9.85. The van der Waals surface area contributed by atoms with E-state index in [0.717, 1.165) is 18.8 Å². The summed E-state index contributed by atoms with van der Waals surface area (Å²) < 4.78 is 33.8. The quantitative estimate of drug-likeness (QED) is 0.361. The molecule has 0 saturated carbocycles. The van der Waals surface area contributed by atoms with Gasteiger partial charge in [0.05, 0.1) is 6.61 Å². The van der Waals surface area contributed by atoms with Gasteiger partial charge in [0.15, 0.2) is 0 Å². The zero-order valence-corrected chi connectivity index (χ0v) is 14.8. The largest absolute Gasteiger partial charge is 0.397 e. The maximum atomic E-state index is 10.5. The van der Waals surface area contributed by atoms with Gasteiger partial charge in [-0.2, -0.15) is 8.42 Å². The number of rotatable bonds is 14. The molecule has 0 heterocycles. The molecular formula is C16H34O4S. The Hall–Kier alpha value is -0.130. The summed E-state index contributed by atoms with van der Waals surface area (Å²) >= 11 is 0. The number of hydrogen-bond acceptors (Lipinski definition) is 3. The van der Waals surface area contributed by atoms with Gasteiger partial charge < -0.3 is 0 Å². The lowest BCUT2D eigenvalue weighted by atomic mass is 9.94. The van der Waals surface area contributed by atoms with Crippen LogP contribution in [-0.2, 0) is 14.6 Å². The first-order valence-corrected chi connectivity index (χ1v) is 9.83. The summed E-state index contributed by atoms with van der Waals surface area (Å²) in [5.41, 5.74) is 0. The van der Waals surface area contributed by atoms with E-state index in [1.54, 1.807) is 0 Å². The summed E-state index contributed by atoms with van der Waals surface area (Å²) in [6, 6.07) is 0. The van der Waals surface area contributed by atoms with Crippen LogP contribution in [0, 0.1) is 11.8 Å². The van der Waals surface area contributed by atoms with Crippen LogP contribution < -0.4 is 0 Å². The van der Waals surface area contributed by atoms with Crippen molar-refractivity contribution in [3.63, 3.8) is 0 Å². The summed E-state index contributed by atoms with van der Waals surface area (Å²) in [5, 5.41) is 0. The minimum atomic E-state index is -4.28. The molecule has 0 aromatic heterocycles. The Morgan fingerprint density at radius 3 is 2.00 bits per heavy atom. The van der Waals surface area contributed by atoms with Crippen molar-refractivity contribution in [2.75, 3.05) is 6.61 Å². The Morgan fingerprint density at radius 1 is 0.857 bits per heavy atom. The van der Waals surface area contributed by atoms with E-state index in [0.29, 0.717) is 0 Å². The fraction of sp³-hybridized carbons (Fsp3) is 1.00. The molecule has 0 saturated heterocycles. The van der Waals surface area contributed by atoms with E-state index in [-0.39, 0.29) is 12.5 Å². The van der Waals surface area contributed by atoms with Crippen molar-refractivity contribution in [2.45, 2.75) is 85.0 Å². The molecule has 2 atom stereocenters. The van der Waals surface area contributed by atoms with E-state index >= 15 is 0 Å².